The van der Waals surface area contributed by atoms with Gasteiger partial charge in [0.25, 0.3) is 0 Å². The van der Waals surface area contributed by atoms with Crippen LogP contribution in [0.2, 0.25) is 0 Å². The number of hydrogen-bond donors (Lipinski definition) is 1. The number of hydrogen-bond acceptors (Lipinski definition) is 4. The minimum Gasteiger partial charge on any atom is -0.619 e. The summed E-state index contributed by atoms with van der Waals surface area (Å²) in [6.45, 7) is 0.614. The Hall–Kier alpha value is -1.46. The van der Waals surface area contributed by atoms with Gasteiger partial charge in [-0.3, -0.25) is 4.90 Å². The minimum atomic E-state index is -0.735. The van der Waals surface area contributed by atoms with Gasteiger partial charge in [-0.05, 0) is 56.0 Å². The number of likely N-dealkylation sites (tertiary alicyclic amines) is 1. The van der Waals surface area contributed by atoms with Crippen LogP contribution < -0.4 is 4.73 Å². The number of fused-ring (bicyclic) bond motifs is 5. The number of aliphatic hydroxyl groups is 1. The van der Waals surface area contributed by atoms with E-state index in [1.165, 1.54) is 5.56 Å². The molecule has 0 radical (unpaired) electrons. The summed E-state index contributed by atoms with van der Waals surface area (Å²) in [6.07, 6.45) is 8.56. The van der Waals surface area contributed by atoms with Gasteiger partial charge < -0.3 is 15.1 Å². The molecule has 0 unspecified atom stereocenters. The highest BCUT2D eigenvalue weighted by atomic mass is 16.5. The van der Waals surface area contributed by atoms with Crippen LogP contribution in [0.25, 0.3) is 0 Å². The Morgan fingerprint density at radius 2 is 2.30 bits per heavy atom. The number of carbonyl (C=O) groups excluding carboxylic acids is 1. The Labute approximate surface area is 136 Å². The Morgan fingerprint density at radius 1 is 1.48 bits per heavy atom. The highest BCUT2D eigenvalue weighted by molar-refractivity contribution is 5.50. The fourth-order valence-electron chi connectivity index (χ4n) is 5.68. The molecule has 5 atom stereocenters. The van der Waals surface area contributed by atoms with Gasteiger partial charge in [-0.25, -0.2) is 0 Å². The van der Waals surface area contributed by atoms with E-state index in [-0.39, 0.29) is 17.9 Å². The van der Waals surface area contributed by atoms with Gasteiger partial charge in [0, 0.05) is 30.6 Å². The molecule has 3 aliphatic rings. The summed E-state index contributed by atoms with van der Waals surface area (Å²) >= 11 is 0. The number of carbonyl (C=O) groups is 1. The maximum absolute atomic E-state index is 11.6. The summed E-state index contributed by atoms with van der Waals surface area (Å²) in [5.74, 6) is 0.765. The normalized spacial score (nSPS) is 39.4. The van der Waals surface area contributed by atoms with Gasteiger partial charge in [-0.15, -0.1) is 0 Å². The van der Waals surface area contributed by atoms with E-state index in [0.29, 0.717) is 18.9 Å². The van der Waals surface area contributed by atoms with Crippen LogP contribution in [-0.4, -0.2) is 35.5 Å². The molecule has 1 saturated carbocycles. The number of aldehydes is 1. The van der Waals surface area contributed by atoms with Gasteiger partial charge in [0.15, 0.2) is 12.4 Å². The first-order chi connectivity index (χ1) is 11.0. The van der Waals surface area contributed by atoms with Gasteiger partial charge >= 0.3 is 0 Å². The zero-order chi connectivity index (χ0) is 16.2. The van der Waals surface area contributed by atoms with E-state index in [1.54, 1.807) is 12.4 Å². The molecule has 5 nitrogen and oxygen atoms in total. The third-order valence-electron chi connectivity index (χ3n) is 6.58. The molecule has 0 aromatic carbocycles. The lowest BCUT2D eigenvalue weighted by atomic mass is 9.64. The predicted octanol–water partition coefficient (Wildman–Crippen LogP) is 1.22. The molecule has 124 valence electrons. The van der Waals surface area contributed by atoms with E-state index < -0.39 is 5.60 Å². The van der Waals surface area contributed by atoms with Crippen molar-refractivity contribution in [3.8, 4) is 0 Å². The lowest BCUT2D eigenvalue weighted by Gasteiger charge is -2.53. The molecule has 5 heteroatoms. The van der Waals surface area contributed by atoms with E-state index in [0.717, 1.165) is 42.3 Å². The van der Waals surface area contributed by atoms with Crippen LogP contribution in [0.3, 0.4) is 0 Å². The molecular formula is C18H24N2O3. The number of β-amino-alcohol motifs (C(OH)–C–C–N with tert-alkyl or cyclic N) is 1. The minimum absolute atomic E-state index is 0.0920. The third kappa shape index (κ3) is 2.13. The molecule has 23 heavy (non-hydrogen) atoms. The fraction of sp³-hybridized carbons (Fsp3) is 0.667. The lowest BCUT2D eigenvalue weighted by molar-refractivity contribution is -0.606. The number of likely N-dealkylation sites (N-methyl/N-ethyl adjacent to an activating group) is 1. The molecule has 0 bridgehead atoms. The quantitative estimate of drug-likeness (QED) is 0.506. The van der Waals surface area contributed by atoms with Crippen molar-refractivity contribution in [1.29, 1.82) is 0 Å². The summed E-state index contributed by atoms with van der Waals surface area (Å²) in [7, 11) is 2.06. The monoisotopic (exact) mass is 316 g/mol. The summed E-state index contributed by atoms with van der Waals surface area (Å²) in [5, 5.41) is 22.9. The number of aryl methyl sites for hydroxylation is 1. The van der Waals surface area contributed by atoms with E-state index in [1.807, 2.05) is 6.07 Å². The maximum atomic E-state index is 11.6. The third-order valence-corrected chi connectivity index (χ3v) is 6.58. The average molecular weight is 316 g/mol. The van der Waals surface area contributed by atoms with E-state index in [4.69, 9.17) is 0 Å². The zero-order valence-electron chi connectivity index (χ0n) is 13.5. The second-order valence-electron chi connectivity index (χ2n) is 7.62. The molecule has 1 N–H and O–H groups in total. The van der Waals surface area contributed by atoms with Gasteiger partial charge in [0.1, 0.15) is 6.29 Å². The molecule has 4 rings (SSSR count). The number of nitrogens with zero attached hydrogens (tertiary/aromatic N) is 2. The first-order valence-electron chi connectivity index (χ1n) is 8.62. The van der Waals surface area contributed by atoms with Gasteiger partial charge in [0.05, 0.1) is 5.60 Å². The van der Waals surface area contributed by atoms with Crippen LogP contribution in [0.4, 0.5) is 0 Å². The number of aromatic nitrogens is 1. The number of rotatable bonds is 2. The zero-order valence-corrected chi connectivity index (χ0v) is 13.5. The van der Waals surface area contributed by atoms with E-state index in [2.05, 4.69) is 11.9 Å². The molecule has 1 aromatic rings. The average Bonchev–Trinajstić information content (AvgIpc) is 2.83. The van der Waals surface area contributed by atoms with Crippen LogP contribution in [0.1, 0.15) is 42.9 Å². The molecule has 2 fully saturated rings. The molecule has 1 saturated heterocycles. The van der Waals surface area contributed by atoms with Gasteiger partial charge in [-0.2, -0.15) is 4.73 Å². The second kappa shape index (κ2) is 5.28. The summed E-state index contributed by atoms with van der Waals surface area (Å²) in [5.41, 5.74) is 1.65. The standard InChI is InChI=1S/C18H24N2O3/c1-19-11-18(22)13(7-9-21)3-5-16(18)15-4-2-12-10-20(23)8-6-14(12)17(15)19/h6,8-10,13,15-17,22H,2-5,7,11H2,1H3/t13-,15-,16-,17+,18-/m0/s1. The van der Waals surface area contributed by atoms with Crippen molar-refractivity contribution >= 4 is 6.29 Å². The summed E-state index contributed by atoms with van der Waals surface area (Å²) in [6, 6.07) is 2.23. The smallest absolute Gasteiger partial charge is 0.183 e. The molecule has 2 aliphatic carbocycles. The van der Waals surface area contributed by atoms with Crippen molar-refractivity contribution in [3.63, 3.8) is 0 Å². The molecular weight excluding hydrogens is 292 g/mol. The van der Waals surface area contributed by atoms with Crippen LogP contribution in [0.15, 0.2) is 18.5 Å². The van der Waals surface area contributed by atoms with Crippen molar-refractivity contribution in [2.24, 2.45) is 17.8 Å². The van der Waals surface area contributed by atoms with Crippen molar-refractivity contribution < 1.29 is 14.6 Å². The first-order valence-corrected chi connectivity index (χ1v) is 8.62. The fourth-order valence-corrected chi connectivity index (χ4v) is 5.68. The van der Waals surface area contributed by atoms with Crippen LogP contribution in [0, 0.1) is 23.0 Å². The van der Waals surface area contributed by atoms with Crippen molar-refractivity contribution in [3.05, 3.63) is 34.8 Å². The van der Waals surface area contributed by atoms with Gasteiger partial charge in [-0.1, -0.05) is 0 Å². The maximum Gasteiger partial charge on any atom is 0.183 e. The van der Waals surface area contributed by atoms with Crippen LogP contribution in [0.5, 0.6) is 0 Å². The second-order valence-corrected chi connectivity index (χ2v) is 7.62. The van der Waals surface area contributed by atoms with Crippen molar-refractivity contribution in [2.45, 2.75) is 43.7 Å². The van der Waals surface area contributed by atoms with Crippen molar-refractivity contribution in [2.75, 3.05) is 13.6 Å². The highest BCUT2D eigenvalue weighted by Crippen LogP contribution is 2.56. The Morgan fingerprint density at radius 3 is 3.09 bits per heavy atom. The first kappa shape index (κ1) is 15.1. The molecule has 0 spiro atoms. The Kier molecular flexibility index (Phi) is 3.46. The van der Waals surface area contributed by atoms with Gasteiger partial charge in [0.2, 0.25) is 0 Å². The largest absolute Gasteiger partial charge is 0.619 e. The molecule has 2 heterocycles. The predicted molar refractivity (Wildman–Crippen MR) is 84.4 cm³/mol. The summed E-state index contributed by atoms with van der Waals surface area (Å²) < 4.78 is 0.883. The molecule has 1 aromatic heterocycles. The molecule has 1 aliphatic heterocycles. The lowest BCUT2D eigenvalue weighted by Crippen LogP contribution is -2.59. The number of pyridine rings is 1. The SMILES string of the molecule is CN1C[C@]2(O)[C@H](CC=O)CC[C@H]2[C@@H]2CCc3c[n+]([O-])ccc3[C@H]21. The topological polar surface area (TPSA) is 67.5 Å². The highest BCUT2D eigenvalue weighted by Gasteiger charge is 2.58. The van der Waals surface area contributed by atoms with Crippen LogP contribution >= 0.6 is 0 Å². The Bertz CT molecular complexity index is 635. The number of piperidine rings is 1. The van der Waals surface area contributed by atoms with Crippen molar-refractivity contribution in [1.82, 2.24) is 4.90 Å². The Balaban J connectivity index is 1.71. The van der Waals surface area contributed by atoms with Crippen LogP contribution in [-0.2, 0) is 11.2 Å². The molecule has 0 amide bonds. The summed E-state index contributed by atoms with van der Waals surface area (Å²) in [4.78, 5) is 13.2. The van der Waals surface area contributed by atoms with E-state index >= 15 is 0 Å². The van der Waals surface area contributed by atoms with E-state index in [9.17, 15) is 15.1 Å².